The highest BCUT2D eigenvalue weighted by Crippen LogP contribution is 2.67. The van der Waals surface area contributed by atoms with Gasteiger partial charge in [-0.1, -0.05) is 19.1 Å². The number of ether oxygens (including phenoxy) is 1. The average Bonchev–Trinajstić information content (AvgIpc) is 2.92. The van der Waals surface area contributed by atoms with Gasteiger partial charge in [0.05, 0.1) is 12.5 Å². The smallest absolute Gasteiger partial charge is 0.394 e. The van der Waals surface area contributed by atoms with Crippen LogP contribution in [0.1, 0.15) is 24.8 Å². The first-order valence-corrected chi connectivity index (χ1v) is 5.09. The number of halogens is 3. The molecule has 1 aliphatic carbocycles. The summed E-state index contributed by atoms with van der Waals surface area (Å²) in [6, 6.07) is 6.82. The molecule has 1 aromatic rings. The molecule has 0 aromatic heterocycles. The summed E-state index contributed by atoms with van der Waals surface area (Å²) in [6.07, 6.45) is -3.93. The van der Waals surface area contributed by atoms with E-state index in [0.717, 1.165) is 5.56 Å². The number of hydrogen-bond donors (Lipinski definition) is 0. The minimum absolute atomic E-state index is 0.183. The molecular formula is C12H13F3O. The maximum atomic E-state index is 12.7. The van der Waals surface area contributed by atoms with Crippen LogP contribution in [0.2, 0.25) is 0 Å². The van der Waals surface area contributed by atoms with E-state index in [0.29, 0.717) is 5.75 Å². The van der Waals surface area contributed by atoms with Gasteiger partial charge in [0.2, 0.25) is 0 Å². The van der Waals surface area contributed by atoms with E-state index in [4.69, 9.17) is 4.74 Å². The van der Waals surface area contributed by atoms with Gasteiger partial charge in [0.1, 0.15) is 5.75 Å². The predicted molar refractivity (Wildman–Crippen MR) is 54.5 cm³/mol. The van der Waals surface area contributed by atoms with Crippen LogP contribution in [0.15, 0.2) is 24.3 Å². The van der Waals surface area contributed by atoms with Gasteiger partial charge in [-0.3, -0.25) is 0 Å². The van der Waals surface area contributed by atoms with Gasteiger partial charge in [-0.25, -0.2) is 0 Å². The summed E-state index contributed by atoms with van der Waals surface area (Å²) in [4.78, 5) is 0. The molecule has 0 bridgehead atoms. The number of rotatable bonds is 2. The number of benzene rings is 1. The zero-order valence-electron chi connectivity index (χ0n) is 9.14. The fraction of sp³-hybridized carbons (Fsp3) is 0.500. The first-order chi connectivity index (χ1) is 7.38. The third-order valence-corrected chi connectivity index (χ3v) is 3.40. The maximum absolute atomic E-state index is 12.7. The van der Waals surface area contributed by atoms with Crippen LogP contribution in [-0.2, 0) is 0 Å². The molecule has 2 rings (SSSR count). The van der Waals surface area contributed by atoms with Gasteiger partial charge in [0, 0.05) is 0 Å². The SMILES string of the molecule is COc1ccc(C2CC2(C)C(F)(F)F)cc1. The summed E-state index contributed by atoms with van der Waals surface area (Å²) < 4.78 is 43.0. The van der Waals surface area contributed by atoms with Crippen molar-refractivity contribution in [1.29, 1.82) is 0 Å². The van der Waals surface area contributed by atoms with Crippen molar-refractivity contribution in [3.63, 3.8) is 0 Å². The Morgan fingerprint density at radius 1 is 1.25 bits per heavy atom. The van der Waals surface area contributed by atoms with Crippen LogP contribution < -0.4 is 4.74 Å². The topological polar surface area (TPSA) is 9.23 Å². The van der Waals surface area contributed by atoms with Gasteiger partial charge in [0.15, 0.2) is 0 Å². The van der Waals surface area contributed by atoms with Crippen molar-refractivity contribution in [3.05, 3.63) is 29.8 Å². The Hall–Kier alpha value is -1.19. The van der Waals surface area contributed by atoms with Crippen molar-refractivity contribution in [2.45, 2.75) is 25.4 Å². The summed E-state index contributed by atoms with van der Waals surface area (Å²) in [5.41, 5.74) is -0.803. The second kappa shape index (κ2) is 3.40. The van der Waals surface area contributed by atoms with Crippen LogP contribution >= 0.6 is 0 Å². The van der Waals surface area contributed by atoms with Crippen molar-refractivity contribution in [2.75, 3.05) is 7.11 Å². The molecule has 0 spiro atoms. The molecule has 2 atom stereocenters. The summed E-state index contributed by atoms with van der Waals surface area (Å²) in [6.45, 7) is 1.28. The van der Waals surface area contributed by atoms with Crippen LogP contribution in [0, 0.1) is 5.41 Å². The molecule has 0 heterocycles. The molecule has 88 valence electrons. The first kappa shape index (κ1) is 11.3. The van der Waals surface area contributed by atoms with E-state index >= 15 is 0 Å². The Morgan fingerprint density at radius 3 is 2.19 bits per heavy atom. The van der Waals surface area contributed by atoms with Gasteiger partial charge in [-0.15, -0.1) is 0 Å². The van der Waals surface area contributed by atoms with Gasteiger partial charge < -0.3 is 4.74 Å². The van der Waals surface area contributed by atoms with Crippen LogP contribution in [0.5, 0.6) is 5.75 Å². The standard InChI is InChI=1S/C12H13F3O/c1-11(12(13,14)15)7-10(11)8-3-5-9(16-2)6-4-8/h3-6,10H,7H2,1-2H3. The third kappa shape index (κ3) is 1.66. The second-order valence-corrected chi connectivity index (χ2v) is 4.45. The van der Waals surface area contributed by atoms with E-state index in [1.165, 1.54) is 14.0 Å². The molecule has 0 radical (unpaired) electrons. The highest BCUT2D eigenvalue weighted by molar-refractivity contribution is 5.35. The highest BCUT2D eigenvalue weighted by Gasteiger charge is 2.67. The monoisotopic (exact) mass is 230 g/mol. The highest BCUT2D eigenvalue weighted by atomic mass is 19.4. The van der Waals surface area contributed by atoms with Crippen molar-refractivity contribution >= 4 is 0 Å². The van der Waals surface area contributed by atoms with Crippen LogP contribution in [0.3, 0.4) is 0 Å². The average molecular weight is 230 g/mol. The van der Waals surface area contributed by atoms with Crippen LogP contribution in [-0.4, -0.2) is 13.3 Å². The molecule has 1 aliphatic rings. The molecule has 0 aliphatic heterocycles. The number of alkyl halides is 3. The number of hydrogen-bond acceptors (Lipinski definition) is 1. The maximum Gasteiger partial charge on any atom is 0.394 e. The lowest BCUT2D eigenvalue weighted by Gasteiger charge is -2.15. The van der Waals surface area contributed by atoms with E-state index in [1.54, 1.807) is 24.3 Å². The minimum atomic E-state index is -4.11. The Bertz CT molecular complexity index is 382. The van der Waals surface area contributed by atoms with E-state index in [9.17, 15) is 13.2 Å². The van der Waals surface area contributed by atoms with Gasteiger partial charge in [-0.2, -0.15) is 13.2 Å². The molecule has 1 nitrogen and oxygen atoms in total. The number of methoxy groups -OCH3 is 1. The Kier molecular flexibility index (Phi) is 2.40. The van der Waals surface area contributed by atoms with Crippen LogP contribution in [0.4, 0.5) is 13.2 Å². The fourth-order valence-corrected chi connectivity index (χ4v) is 2.00. The lowest BCUT2D eigenvalue weighted by Crippen LogP contribution is -2.22. The molecule has 0 amide bonds. The normalized spacial score (nSPS) is 28.9. The molecule has 2 unspecified atom stereocenters. The molecule has 1 saturated carbocycles. The molecular weight excluding hydrogens is 217 g/mol. The lowest BCUT2D eigenvalue weighted by molar-refractivity contribution is -0.183. The van der Waals surface area contributed by atoms with Gasteiger partial charge in [0.25, 0.3) is 0 Å². The summed E-state index contributed by atoms with van der Waals surface area (Å²) in [7, 11) is 1.53. The van der Waals surface area contributed by atoms with E-state index in [-0.39, 0.29) is 6.42 Å². The van der Waals surface area contributed by atoms with Gasteiger partial charge in [-0.05, 0) is 30.0 Å². The van der Waals surface area contributed by atoms with Crippen molar-refractivity contribution in [1.82, 2.24) is 0 Å². The quantitative estimate of drug-likeness (QED) is 0.751. The van der Waals surface area contributed by atoms with Crippen LogP contribution in [0.25, 0.3) is 0 Å². The third-order valence-electron chi connectivity index (χ3n) is 3.40. The van der Waals surface area contributed by atoms with E-state index in [2.05, 4.69) is 0 Å². The first-order valence-electron chi connectivity index (χ1n) is 5.09. The van der Waals surface area contributed by atoms with Crippen molar-refractivity contribution in [2.24, 2.45) is 5.41 Å². The Morgan fingerprint density at radius 2 is 1.81 bits per heavy atom. The zero-order valence-corrected chi connectivity index (χ0v) is 9.14. The summed E-state index contributed by atoms with van der Waals surface area (Å²) in [5, 5.41) is 0. The minimum Gasteiger partial charge on any atom is -0.497 e. The predicted octanol–water partition coefficient (Wildman–Crippen LogP) is 3.75. The lowest BCUT2D eigenvalue weighted by atomic mass is 10.0. The molecule has 16 heavy (non-hydrogen) atoms. The summed E-state index contributed by atoms with van der Waals surface area (Å²) in [5.74, 6) is 0.261. The van der Waals surface area contributed by atoms with E-state index < -0.39 is 17.5 Å². The van der Waals surface area contributed by atoms with Crippen molar-refractivity contribution in [3.8, 4) is 5.75 Å². The fourth-order valence-electron chi connectivity index (χ4n) is 2.00. The second-order valence-electron chi connectivity index (χ2n) is 4.45. The molecule has 0 saturated heterocycles. The molecule has 4 heteroatoms. The largest absolute Gasteiger partial charge is 0.497 e. The molecule has 0 N–H and O–H groups in total. The Balaban J connectivity index is 2.17. The van der Waals surface area contributed by atoms with E-state index in [1.807, 2.05) is 0 Å². The van der Waals surface area contributed by atoms with Gasteiger partial charge >= 0.3 is 6.18 Å². The molecule has 1 fully saturated rings. The zero-order chi connectivity index (χ0) is 12.0. The van der Waals surface area contributed by atoms with Crippen molar-refractivity contribution < 1.29 is 17.9 Å². The summed E-state index contributed by atoms with van der Waals surface area (Å²) >= 11 is 0. The molecule has 1 aromatic carbocycles. The Labute approximate surface area is 92.2 Å².